The Morgan fingerprint density at radius 2 is 1.78 bits per heavy atom. The van der Waals surface area contributed by atoms with Crippen molar-refractivity contribution in [3.63, 3.8) is 0 Å². The van der Waals surface area contributed by atoms with Crippen LogP contribution < -0.4 is 4.74 Å². The minimum absolute atomic E-state index is 0.0948. The van der Waals surface area contributed by atoms with Gasteiger partial charge >= 0.3 is 0 Å². The fourth-order valence-electron chi connectivity index (χ4n) is 2.73. The number of H-pyrrole nitrogens is 1. The van der Waals surface area contributed by atoms with Gasteiger partial charge in [-0.2, -0.15) is 0 Å². The summed E-state index contributed by atoms with van der Waals surface area (Å²) in [5.74, 6) is 1.61. The van der Waals surface area contributed by atoms with Gasteiger partial charge < -0.3 is 9.72 Å². The second-order valence-corrected chi connectivity index (χ2v) is 5.82. The van der Waals surface area contributed by atoms with Crippen molar-refractivity contribution >= 4 is 21.9 Å². The molecule has 0 unspecified atom stereocenters. The molecule has 0 aliphatic rings. The van der Waals surface area contributed by atoms with Crippen LogP contribution in [-0.4, -0.2) is 21.1 Å². The molecule has 1 N–H and O–H groups in total. The third kappa shape index (κ3) is 2.52. The molecular formula is C19H17N3O. The maximum Gasteiger partial charge on any atom is 0.178 e. The number of imidazole rings is 1. The Kier molecular flexibility index (Phi) is 3.23. The highest BCUT2D eigenvalue weighted by Gasteiger charge is 2.14. The van der Waals surface area contributed by atoms with Crippen molar-refractivity contribution in [3.8, 4) is 17.1 Å². The van der Waals surface area contributed by atoms with Crippen molar-refractivity contribution in [2.75, 3.05) is 0 Å². The van der Waals surface area contributed by atoms with E-state index in [9.17, 15) is 0 Å². The summed E-state index contributed by atoms with van der Waals surface area (Å²) in [6, 6.07) is 16.3. The van der Waals surface area contributed by atoms with Crippen LogP contribution in [0.4, 0.5) is 0 Å². The summed E-state index contributed by atoms with van der Waals surface area (Å²) in [4.78, 5) is 12.2. The zero-order chi connectivity index (χ0) is 15.8. The van der Waals surface area contributed by atoms with Crippen molar-refractivity contribution < 1.29 is 4.74 Å². The average molecular weight is 303 g/mol. The molecule has 0 saturated heterocycles. The van der Waals surface area contributed by atoms with Crippen molar-refractivity contribution in [3.05, 3.63) is 54.7 Å². The first-order valence-corrected chi connectivity index (χ1v) is 7.71. The minimum atomic E-state index is 0.0948. The van der Waals surface area contributed by atoms with Gasteiger partial charge in [-0.25, -0.2) is 9.97 Å². The van der Waals surface area contributed by atoms with E-state index in [0.717, 1.165) is 33.4 Å². The van der Waals surface area contributed by atoms with Crippen LogP contribution in [0, 0.1) is 0 Å². The number of aromatic amines is 1. The zero-order valence-electron chi connectivity index (χ0n) is 13.1. The molecule has 2 aromatic heterocycles. The van der Waals surface area contributed by atoms with Crippen LogP contribution >= 0.6 is 0 Å². The molecule has 0 aliphatic carbocycles. The minimum Gasteiger partial charge on any atom is -0.490 e. The first-order valence-electron chi connectivity index (χ1n) is 7.71. The number of hydrogen-bond donors (Lipinski definition) is 1. The van der Waals surface area contributed by atoms with Crippen molar-refractivity contribution in [1.82, 2.24) is 15.0 Å². The third-order valence-electron chi connectivity index (χ3n) is 3.72. The summed E-state index contributed by atoms with van der Waals surface area (Å²) in [5.41, 5.74) is 2.59. The van der Waals surface area contributed by atoms with Gasteiger partial charge in [-0.1, -0.05) is 24.3 Å². The maximum atomic E-state index is 6.02. The number of nitrogens with zero attached hydrogens (tertiary/aromatic N) is 2. The Balaban J connectivity index is 1.95. The molecule has 0 atom stereocenters. The number of rotatable bonds is 3. The van der Waals surface area contributed by atoms with Crippen LogP contribution in [-0.2, 0) is 0 Å². The summed E-state index contributed by atoms with van der Waals surface area (Å²) in [5, 5.41) is 2.31. The molecule has 0 aliphatic heterocycles. The lowest BCUT2D eigenvalue weighted by molar-refractivity contribution is 0.243. The quantitative estimate of drug-likeness (QED) is 0.603. The molecule has 4 rings (SSSR count). The molecule has 0 fully saturated rings. The topological polar surface area (TPSA) is 50.8 Å². The van der Waals surface area contributed by atoms with Gasteiger partial charge in [0.1, 0.15) is 11.6 Å². The number of nitrogens with one attached hydrogen (secondary N) is 1. The standard InChI is InChI=1S/C19H17N3O/c1-12(2)23-17-11-14-7-4-3-6-13(14)10-15(17)18-21-16-8-5-9-20-19(16)22-18/h3-12H,1-2H3,(H,20,21,22). The van der Waals surface area contributed by atoms with Gasteiger partial charge in [0.25, 0.3) is 0 Å². The lowest BCUT2D eigenvalue weighted by Gasteiger charge is -2.14. The van der Waals surface area contributed by atoms with Gasteiger partial charge in [0.15, 0.2) is 5.65 Å². The fraction of sp³-hybridized carbons (Fsp3) is 0.158. The van der Waals surface area contributed by atoms with Crippen LogP contribution in [0.1, 0.15) is 13.8 Å². The molecule has 2 heterocycles. The second kappa shape index (κ2) is 5.39. The predicted octanol–water partition coefficient (Wildman–Crippen LogP) is 4.57. The predicted molar refractivity (Wildman–Crippen MR) is 92.6 cm³/mol. The molecule has 0 amide bonds. The Labute approximate surface area is 134 Å². The van der Waals surface area contributed by atoms with Crippen LogP contribution in [0.15, 0.2) is 54.7 Å². The third-order valence-corrected chi connectivity index (χ3v) is 3.72. The summed E-state index contributed by atoms with van der Waals surface area (Å²) in [6.45, 7) is 4.05. The molecule has 4 nitrogen and oxygen atoms in total. The molecule has 0 spiro atoms. The van der Waals surface area contributed by atoms with Crippen molar-refractivity contribution in [2.45, 2.75) is 20.0 Å². The largest absolute Gasteiger partial charge is 0.490 e. The van der Waals surface area contributed by atoms with Crippen LogP contribution in [0.2, 0.25) is 0 Å². The summed E-state index contributed by atoms with van der Waals surface area (Å²) >= 11 is 0. The summed E-state index contributed by atoms with van der Waals surface area (Å²) < 4.78 is 6.02. The molecule has 114 valence electrons. The Morgan fingerprint density at radius 1 is 1.00 bits per heavy atom. The van der Waals surface area contributed by atoms with E-state index in [4.69, 9.17) is 4.74 Å². The van der Waals surface area contributed by atoms with Crippen LogP contribution in [0.5, 0.6) is 5.75 Å². The second-order valence-electron chi connectivity index (χ2n) is 5.82. The lowest BCUT2D eigenvalue weighted by Crippen LogP contribution is -2.06. The number of fused-ring (bicyclic) bond motifs is 2. The van der Waals surface area contributed by atoms with E-state index >= 15 is 0 Å². The molecule has 0 saturated carbocycles. The molecule has 0 bridgehead atoms. The van der Waals surface area contributed by atoms with E-state index in [-0.39, 0.29) is 6.10 Å². The van der Waals surface area contributed by atoms with Crippen molar-refractivity contribution in [1.29, 1.82) is 0 Å². The zero-order valence-corrected chi connectivity index (χ0v) is 13.1. The monoisotopic (exact) mass is 303 g/mol. The molecule has 23 heavy (non-hydrogen) atoms. The number of benzene rings is 2. The Bertz CT molecular complexity index is 955. The Morgan fingerprint density at radius 3 is 2.52 bits per heavy atom. The summed E-state index contributed by atoms with van der Waals surface area (Å²) in [7, 11) is 0. The first kappa shape index (κ1) is 13.8. The molecule has 0 radical (unpaired) electrons. The highest BCUT2D eigenvalue weighted by atomic mass is 16.5. The molecule has 4 aromatic rings. The smallest absolute Gasteiger partial charge is 0.178 e. The van der Waals surface area contributed by atoms with Gasteiger partial charge in [-0.15, -0.1) is 0 Å². The maximum absolute atomic E-state index is 6.02. The van der Waals surface area contributed by atoms with Gasteiger partial charge in [0.2, 0.25) is 0 Å². The normalized spacial score (nSPS) is 11.4. The number of aromatic nitrogens is 3. The van der Waals surface area contributed by atoms with E-state index in [2.05, 4.69) is 39.2 Å². The van der Waals surface area contributed by atoms with Crippen LogP contribution in [0.3, 0.4) is 0 Å². The highest BCUT2D eigenvalue weighted by molar-refractivity contribution is 5.90. The van der Waals surface area contributed by atoms with Gasteiger partial charge in [-0.05, 0) is 48.9 Å². The van der Waals surface area contributed by atoms with Crippen LogP contribution in [0.25, 0.3) is 33.3 Å². The van der Waals surface area contributed by atoms with E-state index in [0.29, 0.717) is 5.65 Å². The number of ether oxygens (including phenoxy) is 1. The van der Waals surface area contributed by atoms with Gasteiger partial charge in [-0.3, -0.25) is 0 Å². The molecular weight excluding hydrogens is 286 g/mol. The lowest BCUT2D eigenvalue weighted by atomic mass is 10.1. The van der Waals surface area contributed by atoms with E-state index in [1.165, 1.54) is 0 Å². The van der Waals surface area contributed by atoms with E-state index < -0.39 is 0 Å². The SMILES string of the molecule is CC(C)Oc1cc2ccccc2cc1-c1nc2ncccc2[nH]1. The molecule has 4 heteroatoms. The van der Waals surface area contributed by atoms with E-state index in [1.54, 1.807) is 6.20 Å². The van der Waals surface area contributed by atoms with Gasteiger partial charge in [0.05, 0.1) is 17.2 Å². The number of pyridine rings is 1. The van der Waals surface area contributed by atoms with E-state index in [1.807, 2.05) is 38.1 Å². The van der Waals surface area contributed by atoms with Gasteiger partial charge in [0, 0.05) is 6.20 Å². The average Bonchev–Trinajstić information content (AvgIpc) is 2.97. The fourth-order valence-corrected chi connectivity index (χ4v) is 2.73. The first-order chi connectivity index (χ1) is 11.2. The van der Waals surface area contributed by atoms with Crippen molar-refractivity contribution in [2.24, 2.45) is 0 Å². The Hall–Kier alpha value is -2.88. The molecule has 2 aromatic carbocycles. The number of hydrogen-bond acceptors (Lipinski definition) is 3. The highest BCUT2D eigenvalue weighted by Crippen LogP contribution is 2.34. The summed E-state index contributed by atoms with van der Waals surface area (Å²) in [6.07, 6.45) is 1.84.